The molecule has 0 nitrogen and oxygen atoms in total. The number of rotatable bonds is 2. The first-order valence-corrected chi connectivity index (χ1v) is 13.8. The van der Waals surface area contributed by atoms with Gasteiger partial charge in [-0.2, -0.15) is 115 Å². The SMILES string of the molecule is C[Si](C)(C1=[C-]CC=C1)c1ccccc1.[Pt+4].[c-]1ccccc1.[c-]1ccccc1.[c-]1ccccc1. The molecule has 5 rings (SSSR count). The van der Waals surface area contributed by atoms with Gasteiger partial charge in [0.25, 0.3) is 0 Å². The van der Waals surface area contributed by atoms with Crippen LogP contribution in [0.4, 0.5) is 0 Å². The Hall–Kier alpha value is -2.73. The fourth-order valence-corrected chi connectivity index (χ4v) is 5.29. The van der Waals surface area contributed by atoms with Crippen LogP contribution in [0.1, 0.15) is 6.42 Å². The zero-order valence-electron chi connectivity index (χ0n) is 19.2. The third-order valence-corrected chi connectivity index (χ3v) is 8.15. The third kappa shape index (κ3) is 12.2. The minimum absolute atomic E-state index is 0. The summed E-state index contributed by atoms with van der Waals surface area (Å²) in [5.74, 6) is 0. The molecule has 0 spiro atoms. The Kier molecular flexibility index (Phi) is 15.2. The van der Waals surface area contributed by atoms with E-state index < -0.39 is 8.07 Å². The topological polar surface area (TPSA) is 0 Å². The van der Waals surface area contributed by atoms with Crippen LogP contribution in [0.5, 0.6) is 0 Å². The molecule has 0 aliphatic heterocycles. The quantitative estimate of drug-likeness (QED) is 0.162. The van der Waals surface area contributed by atoms with Crippen LogP contribution in [0.25, 0.3) is 0 Å². The molecule has 4 aromatic carbocycles. The Morgan fingerprint density at radius 2 is 0.970 bits per heavy atom. The molecule has 0 radical (unpaired) electrons. The van der Waals surface area contributed by atoms with Crippen LogP contribution >= 0.6 is 0 Å². The first kappa shape index (κ1) is 28.3. The molecule has 0 heterocycles. The van der Waals surface area contributed by atoms with Gasteiger partial charge in [0.05, 0.1) is 8.07 Å². The second-order valence-electron chi connectivity index (χ2n) is 7.42. The molecular formula is C31H30PtSi. The van der Waals surface area contributed by atoms with Gasteiger partial charge in [0.2, 0.25) is 0 Å². The summed E-state index contributed by atoms with van der Waals surface area (Å²) in [6.45, 7) is 4.78. The molecule has 0 saturated heterocycles. The predicted octanol–water partition coefficient (Wildman–Crippen LogP) is 7.29. The molecule has 168 valence electrons. The largest absolute Gasteiger partial charge is 4.00 e. The molecule has 1 aliphatic rings. The van der Waals surface area contributed by atoms with Crippen molar-refractivity contribution >= 4 is 13.3 Å². The summed E-state index contributed by atoms with van der Waals surface area (Å²) < 4.78 is 0. The van der Waals surface area contributed by atoms with Gasteiger partial charge in [0.15, 0.2) is 0 Å². The molecule has 2 heteroatoms. The number of hydrogen-bond donors (Lipinski definition) is 0. The van der Waals surface area contributed by atoms with Crippen LogP contribution in [0.15, 0.2) is 139 Å². The number of hydrogen-bond acceptors (Lipinski definition) is 0. The van der Waals surface area contributed by atoms with Crippen molar-refractivity contribution in [3.05, 3.63) is 163 Å². The van der Waals surface area contributed by atoms with Crippen molar-refractivity contribution in [2.45, 2.75) is 19.5 Å². The van der Waals surface area contributed by atoms with E-state index in [1.807, 2.05) is 91.0 Å². The van der Waals surface area contributed by atoms with Crippen molar-refractivity contribution in [1.82, 2.24) is 0 Å². The van der Waals surface area contributed by atoms with Gasteiger partial charge in [-0.1, -0.05) is 48.6 Å². The van der Waals surface area contributed by atoms with Crippen molar-refractivity contribution in [2.75, 3.05) is 0 Å². The number of benzene rings is 4. The van der Waals surface area contributed by atoms with Gasteiger partial charge >= 0.3 is 21.1 Å². The Labute approximate surface area is 216 Å². The van der Waals surface area contributed by atoms with Crippen molar-refractivity contribution in [3.8, 4) is 0 Å². The molecule has 33 heavy (non-hydrogen) atoms. The Morgan fingerprint density at radius 1 is 0.576 bits per heavy atom. The van der Waals surface area contributed by atoms with E-state index in [-0.39, 0.29) is 21.1 Å². The molecular weight excluding hydrogens is 596 g/mol. The fourth-order valence-electron chi connectivity index (χ4n) is 2.87. The van der Waals surface area contributed by atoms with E-state index in [0.29, 0.717) is 0 Å². The van der Waals surface area contributed by atoms with Crippen LogP contribution in [-0.4, -0.2) is 8.07 Å². The zero-order valence-corrected chi connectivity index (χ0v) is 22.5. The molecule has 0 aromatic heterocycles. The summed E-state index contributed by atoms with van der Waals surface area (Å²) in [6, 6.07) is 48.3. The van der Waals surface area contributed by atoms with E-state index in [0.717, 1.165) is 6.42 Å². The normalized spacial score (nSPS) is 11.0. The van der Waals surface area contributed by atoms with Crippen LogP contribution in [0.3, 0.4) is 0 Å². The van der Waals surface area contributed by atoms with Gasteiger partial charge in [-0.15, -0.1) is 6.42 Å². The second-order valence-corrected chi connectivity index (χ2v) is 11.8. The van der Waals surface area contributed by atoms with Crippen molar-refractivity contribution in [3.63, 3.8) is 0 Å². The Bertz CT molecular complexity index is 841. The van der Waals surface area contributed by atoms with E-state index in [1.54, 1.807) is 0 Å². The van der Waals surface area contributed by atoms with Gasteiger partial charge in [-0.3, -0.25) is 6.08 Å². The van der Waals surface area contributed by atoms with Crippen LogP contribution in [0.2, 0.25) is 13.1 Å². The van der Waals surface area contributed by atoms with Gasteiger partial charge in [-0.25, -0.2) is 11.3 Å². The maximum atomic E-state index is 3.46. The molecule has 4 aromatic rings. The third-order valence-electron chi connectivity index (χ3n) is 4.69. The second kappa shape index (κ2) is 17.8. The summed E-state index contributed by atoms with van der Waals surface area (Å²) in [5, 5.41) is 2.94. The van der Waals surface area contributed by atoms with Crippen LogP contribution in [-0.2, 0) is 21.1 Å². The summed E-state index contributed by atoms with van der Waals surface area (Å²) in [6.07, 6.45) is 8.91. The van der Waals surface area contributed by atoms with Gasteiger partial charge < -0.3 is 0 Å². The molecule has 0 unspecified atom stereocenters. The average Bonchev–Trinajstić information content (AvgIpc) is 3.45. The molecule has 0 fully saturated rings. The van der Waals surface area contributed by atoms with Gasteiger partial charge in [0, 0.05) is 0 Å². The van der Waals surface area contributed by atoms with E-state index in [2.05, 4.69) is 79.9 Å². The molecule has 1 aliphatic carbocycles. The molecule has 0 saturated carbocycles. The number of allylic oxidation sites excluding steroid dienone is 4. The standard InChI is InChI=1S/C13H15Si.3C6H5.Pt/c1-14(2,13-10-6-7-11-13)12-8-4-3-5-9-12;3*1-2-4-6-5-3-1;/h3-6,8-10H,7H2,1-2H3;3*1-5H;/q4*-1;+4. The summed E-state index contributed by atoms with van der Waals surface area (Å²) >= 11 is 0. The monoisotopic (exact) mass is 625 g/mol. The summed E-state index contributed by atoms with van der Waals surface area (Å²) in [5.41, 5.74) is 0. The summed E-state index contributed by atoms with van der Waals surface area (Å²) in [4.78, 5) is 0. The first-order valence-electron chi connectivity index (χ1n) is 10.8. The fraction of sp³-hybridized carbons (Fsp3) is 0.0968. The van der Waals surface area contributed by atoms with E-state index in [4.69, 9.17) is 0 Å². The van der Waals surface area contributed by atoms with Crippen molar-refractivity contribution < 1.29 is 21.1 Å². The van der Waals surface area contributed by atoms with Gasteiger partial charge in [0.1, 0.15) is 0 Å². The minimum Gasteiger partial charge on any atom is -0.273 e. The zero-order chi connectivity index (χ0) is 22.7. The smallest absolute Gasteiger partial charge is 0.273 e. The first-order chi connectivity index (χ1) is 15.7. The van der Waals surface area contributed by atoms with Crippen LogP contribution in [0, 0.1) is 24.3 Å². The van der Waals surface area contributed by atoms with Crippen molar-refractivity contribution in [1.29, 1.82) is 0 Å². The Balaban J connectivity index is 0.000000240. The van der Waals surface area contributed by atoms with E-state index in [9.17, 15) is 0 Å². The molecule has 0 bridgehead atoms. The molecule has 0 N–H and O–H groups in total. The molecule has 0 amide bonds. The van der Waals surface area contributed by atoms with E-state index in [1.165, 1.54) is 10.4 Å². The predicted molar refractivity (Wildman–Crippen MR) is 140 cm³/mol. The molecule has 0 atom stereocenters. The van der Waals surface area contributed by atoms with Gasteiger partial charge in [-0.05, 0) is 0 Å². The summed E-state index contributed by atoms with van der Waals surface area (Å²) in [7, 11) is -1.43. The van der Waals surface area contributed by atoms with E-state index >= 15 is 0 Å². The average molecular weight is 626 g/mol. The maximum Gasteiger partial charge on any atom is 4.00 e. The van der Waals surface area contributed by atoms with Crippen LogP contribution < -0.4 is 5.19 Å². The maximum absolute atomic E-state index is 3.46. The minimum atomic E-state index is -1.43. The van der Waals surface area contributed by atoms with Crippen molar-refractivity contribution in [2.24, 2.45) is 0 Å². The Morgan fingerprint density at radius 3 is 1.24 bits per heavy atom.